The van der Waals surface area contributed by atoms with Gasteiger partial charge in [-0.2, -0.15) is 6.92 Å². The maximum atomic E-state index is 7.50. The van der Waals surface area contributed by atoms with Gasteiger partial charge in [-0.15, -0.1) is 0 Å². The van der Waals surface area contributed by atoms with Crippen molar-refractivity contribution >= 4 is 0 Å². The summed E-state index contributed by atoms with van der Waals surface area (Å²) in [5.74, 6) is 5.21. The molecule has 0 aromatic rings. The maximum absolute atomic E-state index is 7.50. The Morgan fingerprint density at radius 2 is 1.41 bits per heavy atom. The van der Waals surface area contributed by atoms with Crippen molar-refractivity contribution < 1.29 is 44.5 Å². The zero-order chi connectivity index (χ0) is 16.9. The van der Waals surface area contributed by atoms with E-state index < -0.39 is 0 Å². The van der Waals surface area contributed by atoms with E-state index in [9.17, 15) is 0 Å². The predicted molar refractivity (Wildman–Crippen MR) is 71.6 cm³/mol. The second kappa shape index (κ2) is 28.4. The minimum absolute atomic E-state index is 0. The molecule has 1 saturated heterocycles. The molecule has 6 heteroatoms. The van der Waals surface area contributed by atoms with Crippen LogP contribution in [0.15, 0.2) is 0 Å². The van der Waals surface area contributed by atoms with Gasteiger partial charge in [0, 0.05) is 6.61 Å². The summed E-state index contributed by atoms with van der Waals surface area (Å²) < 4.78 is 32.7. The summed E-state index contributed by atoms with van der Waals surface area (Å²) in [6, 6.07) is 0. The first-order valence-corrected chi connectivity index (χ1v) is 5.60. The SMILES string of the molecule is [C-]#[O+].[C-]#[O+].[C-]#[O+].[CH2-]C#CCOC[C@H]1O[C@@H]1C.[CH]1[CH][CH][CH][CH]1.[W+2]. The summed E-state index contributed by atoms with van der Waals surface area (Å²) >= 11 is 0. The maximum Gasteiger partial charge on any atom is 2.00 e. The van der Waals surface area contributed by atoms with Crippen LogP contribution in [0.2, 0.25) is 0 Å². The third kappa shape index (κ3) is 24.3. The summed E-state index contributed by atoms with van der Waals surface area (Å²) in [5, 5.41) is 0. The normalized spacial score (nSPS) is 18.9. The van der Waals surface area contributed by atoms with Gasteiger partial charge in [-0.3, -0.25) is 5.92 Å². The Hall–Kier alpha value is -0.742. The number of hydrogen-bond acceptors (Lipinski definition) is 2. The Kier molecular flexibility index (Phi) is 37.8. The van der Waals surface area contributed by atoms with E-state index in [1.165, 1.54) is 0 Å². The van der Waals surface area contributed by atoms with E-state index in [0.29, 0.717) is 25.4 Å². The molecule has 5 radical (unpaired) electrons. The van der Waals surface area contributed by atoms with Crippen LogP contribution in [0.3, 0.4) is 0 Å². The summed E-state index contributed by atoms with van der Waals surface area (Å²) in [6.07, 6.45) is 10.7. The average Bonchev–Trinajstić information content (AvgIpc) is 3.04. The summed E-state index contributed by atoms with van der Waals surface area (Å²) in [4.78, 5) is 0. The first kappa shape index (κ1) is 29.3. The Morgan fingerprint density at radius 1 is 1.05 bits per heavy atom. The number of epoxide rings is 1. The van der Waals surface area contributed by atoms with Crippen molar-refractivity contribution in [1.29, 1.82) is 0 Å². The van der Waals surface area contributed by atoms with Gasteiger partial charge in [-0.05, 0) is 39.0 Å². The second-order valence-electron chi connectivity index (χ2n) is 3.21. The van der Waals surface area contributed by atoms with Crippen LogP contribution in [0.25, 0.3) is 0 Å². The third-order valence-electron chi connectivity index (χ3n) is 1.97. The van der Waals surface area contributed by atoms with Gasteiger partial charge in [0.25, 0.3) is 0 Å². The fraction of sp³-hybridized carbons (Fsp3) is 0.312. The molecule has 2 atom stereocenters. The van der Waals surface area contributed by atoms with Gasteiger partial charge in [0.05, 0.1) is 12.7 Å². The largest absolute Gasteiger partial charge is 2.00 e. The van der Waals surface area contributed by atoms with E-state index in [1.807, 2.05) is 39.0 Å². The fourth-order valence-corrected chi connectivity index (χ4v) is 1.00. The molecule has 0 aromatic heterocycles. The molecule has 0 amide bonds. The van der Waals surface area contributed by atoms with Gasteiger partial charge < -0.3 is 15.4 Å². The predicted octanol–water partition coefficient (Wildman–Crippen LogP) is 1.53. The molecular formula is C16H16O5W+. The molecule has 22 heavy (non-hydrogen) atoms. The summed E-state index contributed by atoms with van der Waals surface area (Å²) in [7, 11) is 0. The second-order valence-corrected chi connectivity index (χ2v) is 3.21. The van der Waals surface area contributed by atoms with Crippen molar-refractivity contribution in [2.75, 3.05) is 13.2 Å². The average molecular weight is 472 g/mol. The van der Waals surface area contributed by atoms with Gasteiger partial charge in [0.2, 0.25) is 0 Å². The van der Waals surface area contributed by atoms with E-state index in [4.69, 9.17) is 23.4 Å². The Labute approximate surface area is 147 Å². The summed E-state index contributed by atoms with van der Waals surface area (Å²) in [5.41, 5.74) is 0. The molecule has 0 spiro atoms. The van der Waals surface area contributed by atoms with Crippen molar-refractivity contribution in [3.8, 4) is 11.8 Å². The molecule has 2 fully saturated rings. The van der Waals surface area contributed by atoms with Gasteiger partial charge in [0.15, 0.2) is 0 Å². The molecular weight excluding hydrogens is 456 g/mol. The van der Waals surface area contributed by atoms with Crippen molar-refractivity contribution in [2.45, 2.75) is 19.1 Å². The monoisotopic (exact) mass is 472 g/mol. The van der Waals surface area contributed by atoms with Crippen molar-refractivity contribution in [2.24, 2.45) is 0 Å². The Bertz CT molecular complexity index is 301. The zero-order valence-corrected chi connectivity index (χ0v) is 15.0. The van der Waals surface area contributed by atoms with Crippen LogP contribution >= 0.6 is 0 Å². The van der Waals surface area contributed by atoms with E-state index >= 15 is 0 Å². The first-order valence-electron chi connectivity index (χ1n) is 5.60. The molecule has 2 rings (SSSR count). The van der Waals surface area contributed by atoms with Gasteiger partial charge in [-0.25, -0.2) is 0 Å². The van der Waals surface area contributed by atoms with Gasteiger partial charge >= 0.3 is 55.0 Å². The van der Waals surface area contributed by atoms with Crippen molar-refractivity contribution in [3.63, 3.8) is 0 Å². The topological polar surface area (TPSA) is 81.5 Å². The molecule has 0 aromatic carbocycles. The molecule has 1 aliphatic heterocycles. The van der Waals surface area contributed by atoms with Crippen LogP contribution in [0.5, 0.6) is 0 Å². The molecule has 1 heterocycles. The minimum Gasteiger partial charge on any atom is -0.386 e. The van der Waals surface area contributed by atoms with Crippen LogP contribution in [-0.2, 0) is 44.5 Å². The first-order chi connectivity index (χ1) is 10.3. The fourth-order valence-electron chi connectivity index (χ4n) is 1.00. The zero-order valence-electron chi connectivity index (χ0n) is 12.1. The van der Waals surface area contributed by atoms with Crippen LogP contribution in [0.4, 0.5) is 0 Å². The molecule has 0 bridgehead atoms. The van der Waals surface area contributed by atoms with E-state index in [-0.39, 0.29) is 21.1 Å². The molecule has 0 N–H and O–H groups in total. The molecule has 0 unspecified atom stereocenters. The van der Waals surface area contributed by atoms with E-state index in [2.05, 4.69) is 38.7 Å². The van der Waals surface area contributed by atoms with E-state index in [0.717, 1.165) is 0 Å². The number of rotatable bonds is 3. The van der Waals surface area contributed by atoms with Crippen LogP contribution in [0.1, 0.15) is 6.92 Å². The molecule has 115 valence electrons. The summed E-state index contributed by atoms with van der Waals surface area (Å²) in [6.45, 7) is 20.0. The van der Waals surface area contributed by atoms with Gasteiger partial charge in [0.1, 0.15) is 6.10 Å². The minimum atomic E-state index is 0. The van der Waals surface area contributed by atoms with Crippen LogP contribution < -0.4 is 0 Å². The van der Waals surface area contributed by atoms with Crippen molar-refractivity contribution in [1.82, 2.24) is 0 Å². The standard InChI is InChI=1S/C8H11O2.C5H5.3CO.W/c1-3-4-5-9-6-8-7(2)10-8;1-2-4-5-3-1;3*1-2;/h7-8H,1,5-6H2,2H3;1-5H;;;;/q-1;;;;;+2/t7-,8-;;;;;/m1...../s1. The number of ether oxygens (including phenoxy) is 2. The molecule has 5 nitrogen and oxygen atoms in total. The molecule has 1 saturated carbocycles. The van der Waals surface area contributed by atoms with Crippen LogP contribution in [-0.4, -0.2) is 25.4 Å². The Morgan fingerprint density at radius 3 is 1.68 bits per heavy atom. The van der Waals surface area contributed by atoms with Crippen LogP contribution in [0, 0.1) is 70.8 Å². The molecule has 2 aliphatic rings. The number of hydrogen-bond donors (Lipinski definition) is 0. The van der Waals surface area contributed by atoms with Crippen molar-refractivity contribution in [3.05, 3.63) is 59.0 Å². The third-order valence-corrected chi connectivity index (χ3v) is 1.97. The molecule has 1 aliphatic carbocycles. The van der Waals surface area contributed by atoms with E-state index in [1.54, 1.807) is 0 Å². The van der Waals surface area contributed by atoms with Gasteiger partial charge in [-0.1, -0.05) is 0 Å². The quantitative estimate of drug-likeness (QED) is 0.205. The Balaban J connectivity index is -0.000000115. The smallest absolute Gasteiger partial charge is 0.386 e.